The molecule has 1 aliphatic rings. The van der Waals surface area contributed by atoms with Gasteiger partial charge in [-0.05, 0) is 12.5 Å². The highest BCUT2D eigenvalue weighted by Crippen LogP contribution is 2.20. The lowest BCUT2D eigenvalue weighted by molar-refractivity contribution is 0.152. The van der Waals surface area contributed by atoms with E-state index in [1.165, 1.54) is 6.07 Å². The number of hydrogen-bond acceptors (Lipinski definition) is 4. The standard InChI is InChI=1S/C13H18FNO3S/c14-13-4-2-1-3-11(13)9-15(6-7-16)12-5-8-19(17,18)10-12/h1-4,12,16H,5-10H2. The molecule has 0 aliphatic carbocycles. The van der Waals surface area contributed by atoms with Crippen molar-refractivity contribution in [1.82, 2.24) is 4.90 Å². The number of aliphatic hydroxyl groups is 1. The fourth-order valence-corrected chi connectivity index (χ4v) is 4.19. The zero-order valence-electron chi connectivity index (χ0n) is 10.6. The molecule has 1 unspecified atom stereocenters. The summed E-state index contributed by atoms with van der Waals surface area (Å²) >= 11 is 0. The highest BCUT2D eigenvalue weighted by atomic mass is 32.2. The fourth-order valence-electron chi connectivity index (χ4n) is 2.43. The highest BCUT2D eigenvalue weighted by molar-refractivity contribution is 7.91. The van der Waals surface area contributed by atoms with Gasteiger partial charge in [0.25, 0.3) is 0 Å². The van der Waals surface area contributed by atoms with Crippen LogP contribution in [0.5, 0.6) is 0 Å². The molecule has 0 amide bonds. The second-order valence-corrected chi connectivity index (χ2v) is 7.07. The molecular weight excluding hydrogens is 269 g/mol. The van der Waals surface area contributed by atoms with Crippen LogP contribution in [0.25, 0.3) is 0 Å². The molecule has 0 bridgehead atoms. The maximum absolute atomic E-state index is 13.6. The average Bonchev–Trinajstić information content (AvgIpc) is 2.72. The molecule has 1 fully saturated rings. The molecule has 6 heteroatoms. The van der Waals surface area contributed by atoms with E-state index in [0.717, 1.165) is 0 Å². The second-order valence-electron chi connectivity index (χ2n) is 4.84. The summed E-state index contributed by atoms with van der Waals surface area (Å²) in [5.41, 5.74) is 0.528. The van der Waals surface area contributed by atoms with Gasteiger partial charge in [0.2, 0.25) is 0 Å². The third-order valence-electron chi connectivity index (χ3n) is 3.44. The van der Waals surface area contributed by atoms with Crippen LogP contribution in [0.1, 0.15) is 12.0 Å². The molecule has 1 heterocycles. The van der Waals surface area contributed by atoms with Crippen LogP contribution in [-0.2, 0) is 16.4 Å². The van der Waals surface area contributed by atoms with Crippen LogP contribution in [0, 0.1) is 5.82 Å². The summed E-state index contributed by atoms with van der Waals surface area (Å²) in [6.07, 6.45) is 0.552. The SMILES string of the molecule is O=S1(=O)CCC(N(CCO)Cc2ccccc2F)C1. The van der Waals surface area contributed by atoms with Crippen LogP contribution >= 0.6 is 0 Å². The summed E-state index contributed by atoms with van der Waals surface area (Å²) in [5, 5.41) is 9.09. The van der Waals surface area contributed by atoms with Crippen molar-refractivity contribution in [2.75, 3.05) is 24.7 Å². The van der Waals surface area contributed by atoms with Gasteiger partial charge in [-0.25, -0.2) is 12.8 Å². The number of rotatable bonds is 5. The quantitative estimate of drug-likeness (QED) is 0.870. The monoisotopic (exact) mass is 287 g/mol. The molecule has 19 heavy (non-hydrogen) atoms. The molecule has 0 aromatic heterocycles. The summed E-state index contributed by atoms with van der Waals surface area (Å²) in [6, 6.07) is 6.31. The average molecular weight is 287 g/mol. The maximum atomic E-state index is 13.6. The highest BCUT2D eigenvalue weighted by Gasteiger charge is 2.32. The van der Waals surface area contributed by atoms with Crippen molar-refractivity contribution in [2.45, 2.75) is 19.0 Å². The Labute approximate surface area is 112 Å². The Morgan fingerprint density at radius 3 is 2.68 bits per heavy atom. The topological polar surface area (TPSA) is 57.6 Å². The predicted octanol–water partition coefficient (Wildman–Crippen LogP) is 0.807. The predicted molar refractivity (Wildman–Crippen MR) is 71.0 cm³/mol. The smallest absolute Gasteiger partial charge is 0.151 e. The van der Waals surface area contributed by atoms with E-state index in [2.05, 4.69) is 0 Å². The number of benzene rings is 1. The van der Waals surface area contributed by atoms with Crippen molar-refractivity contribution < 1.29 is 17.9 Å². The number of sulfone groups is 1. The number of nitrogens with zero attached hydrogens (tertiary/aromatic N) is 1. The summed E-state index contributed by atoms with van der Waals surface area (Å²) in [7, 11) is -2.98. The van der Waals surface area contributed by atoms with Crippen molar-refractivity contribution >= 4 is 9.84 Å². The van der Waals surface area contributed by atoms with E-state index in [-0.39, 0.29) is 30.0 Å². The molecule has 0 saturated carbocycles. The number of hydrogen-bond donors (Lipinski definition) is 1. The van der Waals surface area contributed by atoms with Crippen molar-refractivity contribution in [1.29, 1.82) is 0 Å². The zero-order chi connectivity index (χ0) is 13.9. The van der Waals surface area contributed by atoms with Crippen LogP contribution in [0.15, 0.2) is 24.3 Å². The van der Waals surface area contributed by atoms with Crippen molar-refractivity contribution in [3.8, 4) is 0 Å². The Morgan fingerprint density at radius 2 is 2.11 bits per heavy atom. The Morgan fingerprint density at radius 1 is 1.37 bits per heavy atom. The molecule has 1 atom stereocenters. The first-order valence-corrected chi connectivity index (χ1v) is 8.13. The van der Waals surface area contributed by atoms with Gasteiger partial charge < -0.3 is 5.11 Å². The summed E-state index contributed by atoms with van der Waals surface area (Å²) in [6.45, 7) is 0.618. The second kappa shape index (κ2) is 5.98. The molecule has 1 aromatic carbocycles. The van der Waals surface area contributed by atoms with Crippen molar-refractivity contribution in [2.24, 2.45) is 0 Å². The molecular formula is C13H18FNO3S. The van der Waals surface area contributed by atoms with Gasteiger partial charge in [0.15, 0.2) is 9.84 Å². The molecule has 1 saturated heterocycles. The van der Waals surface area contributed by atoms with Gasteiger partial charge >= 0.3 is 0 Å². The Kier molecular flexibility index (Phi) is 4.54. The minimum Gasteiger partial charge on any atom is -0.395 e. The Bertz CT molecular complexity index is 532. The number of aliphatic hydroxyl groups excluding tert-OH is 1. The Balaban J connectivity index is 2.11. The minimum absolute atomic E-state index is 0.0645. The van der Waals surface area contributed by atoms with E-state index in [9.17, 15) is 12.8 Å². The van der Waals surface area contributed by atoms with Crippen molar-refractivity contribution in [3.05, 3.63) is 35.6 Å². The third-order valence-corrected chi connectivity index (χ3v) is 5.19. The summed E-state index contributed by atoms with van der Waals surface area (Å²) in [4.78, 5) is 1.85. The van der Waals surface area contributed by atoms with E-state index in [4.69, 9.17) is 5.11 Å². The molecule has 0 radical (unpaired) electrons. The lowest BCUT2D eigenvalue weighted by Gasteiger charge is -2.27. The molecule has 2 rings (SSSR count). The summed E-state index contributed by atoms with van der Waals surface area (Å²) < 4.78 is 36.6. The normalized spacial score (nSPS) is 21.9. The van der Waals surface area contributed by atoms with Gasteiger partial charge in [0, 0.05) is 24.7 Å². The van der Waals surface area contributed by atoms with Crippen LogP contribution in [0.2, 0.25) is 0 Å². The molecule has 1 aliphatic heterocycles. The summed E-state index contributed by atoms with van der Waals surface area (Å²) in [5.74, 6) is -0.0236. The van der Waals surface area contributed by atoms with E-state index in [1.807, 2.05) is 4.90 Å². The molecule has 106 valence electrons. The zero-order valence-corrected chi connectivity index (χ0v) is 11.4. The van der Waals surface area contributed by atoms with Gasteiger partial charge in [-0.1, -0.05) is 18.2 Å². The molecule has 1 N–H and O–H groups in total. The minimum atomic E-state index is -2.98. The van der Waals surface area contributed by atoms with Crippen LogP contribution < -0.4 is 0 Å². The first kappa shape index (κ1) is 14.4. The largest absolute Gasteiger partial charge is 0.395 e. The van der Waals surface area contributed by atoms with Gasteiger partial charge in [-0.3, -0.25) is 4.90 Å². The van der Waals surface area contributed by atoms with Crippen molar-refractivity contribution in [3.63, 3.8) is 0 Å². The Hall–Kier alpha value is -0.980. The van der Waals surface area contributed by atoms with E-state index in [0.29, 0.717) is 25.1 Å². The first-order chi connectivity index (χ1) is 9.02. The van der Waals surface area contributed by atoms with E-state index in [1.54, 1.807) is 18.2 Å². The van der Waals surface area contributed by atoms with Crippen LogP contribution in [-0.4, -0.2) is 49.1 Å². The van der Waals surface area contributed by atoms with E-state index >= 15 is 0 Å². The van der Waals surface area contributed by atoms with Gasteiger partial charge in [-0.15, -0.1) is 0 Å². The number of halogens is 1. The van der Waals surface area contributed by atoms with Gasteiger partial charge in [0.1, 0.15) is 5.82 Å². The van der Waals surface area contributed by atoms with E-state index < -0.39 is 9.84 Å². The van der Waals surface area contributed by atoms with Gasteiger partial charge in [0.05, 0.1) is 18.1 Å². The molecule has 0 spiro atoms. The molecule has 4 nitrogen and oxygen atoms in total. The lowest BCUT2D eigenvalue weighted by atomic mass is 10.1. The van der Waals surface area contributed by atoms with Crippen LogP contribution in [0.4, 0.5) is 4.39 Å². The first-order valence-electron chi connectivity index (χ1n) is 6.30. The van der Waals surface area contributed by atoms with Crippen LogP contribution in [0.3, 0.4) is 0 Å². The fraction of sp³-hybridized carbons (Fsp3) is 0.538. The lowest BCUT2D eigenvalue weighted by Crippen LogP contribution is -2.38. The third kappa shape index (κ3) is 3.75. The van der Waals surface area contributed by atoms with Gasteiger partial charge in [-0.2, -0.15) is 0 Å². The maximum Gasteiger partial charge on any atom is 0.151 e. The molecule has 1 aromatic rings.